The van der Waals surface area contributed by atoms with E-state index in [4.69, 9.17) is 18.9 Å². The molecule has 1 N–H and O–H groups in total. The minimum absolute atomic E-state index is 0.183. The fourth-order valence-electron chi connectivity index (χ4n) is 7.66. The second-order valence-electron chi connectivity index (χ2n) is 19.9. The lowest BCUT2D eigenvalue weighted by Crippen LogP contribution is -2.40. The summed E-state index contributed by atoms with van der Waals surface area (Å²) in [6, 6.07) is 0. The van der Waals surface area contributed by atoms with Crippen LogP contribution < -0.4 is 0 Å². The lowest BCUT2D eigenvalue weighted by Gasteiger charge is -2.25. The van der Waals surface area contributed by atoms with Crippen LogP contribution in [0.25, 0.3) is 0 Å². The number of allylic oxidation sites excluding steroid dienone is 12. The van der Waals surface area contributed by atoms with Crippen molar-refractivity contribution in [2.45, 2.75) is 245 Å². The maximum absolute atomic E-state index is 12.9. The number of aliphatic carboxylic acids is 1. The number of hydrogen-bond donors (Lipinski definition) is 1. The first-order chi connectivity index (χ1) is 33.6. The minimum Gasteiger partial charge on any atom is -0.477 e. The first kappa shape index (κ1) is 65.7. The molecule has 0 heterocycles. The number of rotatable bonds is 51. The molecule has 0 aliphatic heterocycles. The van der Waals surface area contributed by atoms with Crippen LogP contribution in [0.3, 0.4) is 0 Å². The summed E-state index contributed by atoms with van der Waals surface area (Å²) in [6.45, 7) is 4.77. The van der Waals surface area contributed by atoms with Crippen molar-refractivity contribution >= 4 is 17.9 Å². The van der Waals surface area contributed by atoms with Gasteiger partial charge >= 0.3 is 17.9 Å². The van der Waals surface area contributed by atoms with Crippen LogP contribution in [0.5, 0.6) is 0 Å². The number of quaternary nitrogens is 1. The highest BCUT2D eigenvalue weighted by Gasteiger charge is 2.25. The average Bonchev–Trinajstić information content (AvgIpc) is 3.31. The number of esters is 2. The molecule has 9 heteroatoms. The topological polar surface area (TPSA) is 108 Å². The van der Waals surface area contributed by atoms with Crippen LogP contribution in [-0.4, -0.2) is 87.4 Å². The Morgan fingerprint density at radius 2 is 0.826 bits per heavy atom. The van der Waals surface area contributed by atoms with Gasteiger partial charge in [0.15, 0.2) is 6.10 Å². The van der Waals surface area contributed by atoms with E-state index in [0.717, 1.165) is 83.5 Å². The van der Waals surface area contributed by atoms with E-state index in [1.807, 2.05) is 21.1 Å². The van der Waals surface area contributed by atoms with Crippen LogP contribution in [0.1, 0.15) is 232 Å². The zero-order valence-corrected chi connectivity index (χ0v) is 45.2. The molecule has 0 radical (unpaired) electrons. The molecule has 0 aromatic rings. The Kier molecular flexibility index (Phi) is 48.7. The van der Waals surface area contributed by atoms with E-state index < -0.39 is 24.3 Å². The van der Waals surface area contributed by atoms with Gasteiger partial charge in [-0.1, -0.05) is 228 Å². The van der Waals surface area contributed by atoms with Gasteiger partial charge in [-0.05, 0) is 64.2 Å². The van der Waals surface area contributed by atoms with Crippen molar-refractivity contribution in [1.82, 2.24) is 0 Å². The molecule has 0 amide bonds. The Balaban J connectivity index is 4.24. The van der Waals surface area contributed by atoms with Gasteiger partial charge in [0, 0.05) is 12.8 Å². The summed E-state index contributed by atoms with van der Waals surface area (Å²) in [5, 5.41) is 9.69. The maximum Gasteiger partial charge on any atom is 0.361 e. The lowest BCUT2D eigenvalue weighted by molar-refractivity contribution is -0.870. The predicted octanol–water partition coefficient (Wildman–Crippen LogP) is 16.2. The van der Waals surface area contributed by atoms with Crippen molar-refractivity contribution in [2.75, 3.05) is 47.5 Å². The van der Waals surface area contributed by atoms with Crippen LogP contribution in [0.2, 0.25) is 0 Å². The zero-order valence-electron chi connectivity index (χ0n) is 45.2. The van der Waals surface area contributed by atoms with Gasteiger partial charge in [-0.3, -0.25) is 9.59 Å². The van der Waals surface area contributed by atoms with Crippen molar-refractivity contribution in [3.8, 4) is 0 Å². The number of likely N-dealkylation sites (N-methyl/N-ethyl adjacent to an activating group) is 1. The SMILES string of the molecule is CC/C=C\C/C=C\C/C=C\C/C=C\C/C=C\C/C=C\CCCCCCCCCCCCC(=O)OC(COC(=O)CCCCCCCCCCCCCCCCC)COC(OCC[N+](C)(C)C)C(=O)O. The second-order valence-corrected chi connectivity index (χ2v) is 19.9. The summed E-state index contributed by atoms with van der Waals surface area (Å²) >= 11 is 0. The van der Waals surface area contributed by atoms with Gasteiger partial charge in [-0.2, -0.15) is 0 Å². The largest absolute Gasteiger partial charge is 0.477 e. The number of hydrogen-bond acceptors (Lipinski definition) is 7. The Morgan fingerprint density at radius 3 is 1.23 bits per heavy atom. The number of carbonyl (C=O) groups is 3. The van der Waals surface area contributed by atoms with Crippen LogP contribution in [0.15, 0.2) is 72.9 Å². The van der Waals surface area contributed by atoms with E-state index >= 15 is 0 Å². The third-order valence-corrected chi connectivity index (χ3v) is 12.0. The molecular weight excluding hydrogens is 863 g/mol. The molecule has 0 rings (SSSR count). The second kappa shape index (κ2) is 51.1. The van der Waals surface area contributed by atoms with Crippen LogP contribution in [-0.2, 0) is 33.3 Å². The standard InChI is InChI=1S/C60H105NO8/c1-6-8-10-12-14-16-18-20-22-23-24-25-26-27-28-29-30-31-32-33-34-35-37-39-41-43-45-47-49-51-58(63)69-56(55-68-60(59(64)65)66-53-52-61(3,4)5)54-67-57(62)50-48-46-44-42-40-38-36-21-19-17-15-13-11-9-7-2/h8,10,14,16,20,22,24-25,27-28,30-31,56,60H,6-7,9,11-13,15,17-19,21,23,26,29,32-55H2,1-5H3/p+1/b10-8-,16-14-,22-20-,25-24-,28-27-,31-30-. The Bertz CT molecular complexity index is 1360. The number of carbonyl (C=O) groups excluding carboxylic acids is 2. The fourth-order valence-corrected chi connectivity index (χ4v) is 7.66. The van der Waals surface area contributed by atoms with Crippen molar-refractivity contribution in [2.24, 2.45) is 0 Å². The summed E-state index contributed by atoms with van der Waals surface area (Å²) < 4.78 is 22.9. The van der Waals surface area contributed by atoms with Crippen LogP contribution >= 0.6 is 0 Å². The number of ether oxygens (including phenoxy) is 4. The quantitative estimate of drug-likeness (QED) is 0.0211. The van der Waals surface area contributed by atoms with E-state index in [2.05, 4.69) is 86.8 Å². The summed E-state index contributed by atoms with van der Waals surface area (Å²) in [5.74, 6) is -2.01. The molecule has 398 valence electrons. The van der Waals surface area contributed by atoms with E-state index in [1.165, 1.54) is 116 Å². The molecule has 0 aromatic heterocycles. The van der Waals surface area contributed by atoms with E-state index in [0.29, 0.717) is 23.9 Å². The normalized spacial score (nSPS) is 13.3. The molecule has 0 aliphatic rings. The molecule has 0 fully saturated rings. The van der Waals surface area contributed by atoms with Crippen molar-refractivity contribution in [1.29, 1.82) is 0 Å². The lowest BCUT2D eigenvalue weighted by atomic mass is 10.0. The van der Waals surface area contributed by atoms with Gasteiger partial charge in [0.25, 0.3) is 6.29 Å². The number of carboxylic acids is 1. The van der Waals surface area contributed by atoms with Crippen molar-refractivity contribution in [3.05, 3.63) is 72.9 Å². The number of nitrogens with zero attached hydrogens (tertiary/aromatic N) is 1. The van der Waals surface area contributed by atoms with E-state index in [-0.39, 0.29) is 32.2 Å². The van der Waals surface area contributed by atoms with E-state index in [1.54, 1.807) is 0 Å². The Morgan fingerprint density at radius 1 is 0.449 bits per heavy atom. The Labute approximate surface area is 424 Å². The molecule has 9 nitrogen and oxygen atoms in total. The molecule has 2 atom stereocenters. The minimum atomic E-state index is -1.51. The highest BCUT2D eigenvalue weighted by molar-refractivity contribution is 5.71. The highest BCUT2D eigenvalue weighted by atomic mass is 16.7. The van der Waals surface area contributed by atoms with Crippen LogP contribution in [0.4, 0.5) is 0 Å². The number of carboxylic acid groups (broad SMARTS) is 1. The van der Waals surface area contributed by atoms with Gasteiger partial charge in [0.05, 0.1) is 34.4 Å². The molecule has 0 spiro atoms. The molecule has 0 saturated heterocycles. The fraction of sp³-hybridized carbons (Fsp3) is 0.750. The molecule has 0 bridgehead atoms. The zero-order chi connectivity index (χ0) is 50.6. The summed E-state index contributed by atoms with van der Waals surface area (Å²) in [6.07, 6.45) is 62.5. The summed E-state index contributed by atoms with van der Waals surface area (Å²) in [4.78, 5) is 37.4. The van der Waals surface area contributed by atoms with Crippen molar-refractivity contribution < 1.29 is 42.9 Å². The Hall–Kier alpha value is -3.27. The average molecular weight is 970 g/mol. The third kappa shape index (κ3) is 52.4. The first-order valence-electron chi connectivity index (χ1n) is 28.1. The smallest absolute Gasteiger partial charge is 0.361 e. The first-order valence-corrected chi connectivity index (χ1v) is 28.1. The van der Waals surface area contributed by atoms with Crippen LogP contribution in [0, 0.1) is 0 Å². The molecule has 2 unspecified atom stereocenters. The maximum atomic E-state index is 12.9. The van der Waals surface area contributed by atoms with E-state index in [9.17, 15) is 19.5 Å². The monoisotopic (exact) mass is 969 g/mol. The predicted molar refractivity (Wildman–Crippen MR) is 290 cm³/mol. The number of unbranched alkanes of at least 4 members (excludes halogenated alkanes) is 24. The van der Waals surface area contributed by atoms with Gasteiger partial charge in [0.2, 0.25) is 0 Å². The van der Waals surface area contributed by atoms with Gasteiger partial charge in [0.1, 0.15) is 13.2 Å². The van der Waals surface area contributed by atoms with Gasteiger partial charge in [-0.25, -0.2) is 4.79 Å². The van der Waals surface area contributed by atoms with Gasteiger partial charge < -0.3 is 28.5 Å². The third-order valence-electron chi connectivity index (χ3n) is 12.0. The summed E-state index contributed by atoms with van der Waals surface area (Å²) in [5.41, 5.74) is 0. The van der Waals surface area contributed by atoms with Gasteiger partial charge in [-0.15, -0.1) is 0 Å². The summed E-state index contributed by atoms with van der Waals surface area (Å²) in [7, 11) is 5.96. The molecular formula is C60H106NO8+. The molecule has 0 saturated carbocycles. The van der Waals surface area contributed by atoms with Crippen molar-refractivity contribution in [3.63, 3.8) is 0 Å². The molecule has 69 heavy (non-hydrogen) atoms. The molecule has 0 aromatic carbocycles. The molecule has 0 aliphatic carbocycles. The highest BCUT2D eigenvalue weighted by Crippen LogP contribution is 2.16.